The maximum absolute atomic E-state index is 11.4. The number of carboxylic acids is 1. The summed E-state index contributed by atoms with van der Waals surface area (Å²) in [5.41, 5.74) is 9.98. The highest BCUT2D eigenvalue weighted by atomic mass is 16.4. The molecule has 0 amide bonds. The molecule has 7 rings (SSSR count). The number of anilines is 2. The monoisotopic (exact) mass is 681 g/mol. The maximum atomic E-state index is 11.4. The van der Waals surface area contributed by atoms with Crippen LogP contribution in [0.1, 0.15) is 41.2 Å². The molecule has 1 aliphatic rings. The molecule has 0 bridgehead atoms. The molecule has 11 heteroatoms. The Labute approximate surface area is 295 Å². The molecule has 2 atom stereocenters. The summed E-state index contributed by atoms with van der Waals surface area (Å²) in [5.74, 6) is 0.0492. The van der Waals surface area contributed by atoms with E-state index in [2.05, 4.69) is 51.7 Å². The topological polar surface area (TPSA) is 160 Å². The van der Waals surface area contributed by atoms with E-state index in [-0.39, 0.29) is 5.92 Å². The van der Waals surface area contributed by atoms with Crippen LogP contribution >= 0.6 is 0 Å². The lowest BCUT2D eigenvalue weighted by Crippen LogP contribution is -2.23. The van der Waals surface area contributed by atoms with Crippen molar-refractivity contribution in [1.82, 2.24) is 25.2 Å². The summed E-state index contributed by atoms with van der Waals surface area (Å²) in [6.45, 7) is 8.76. The summed E-state index contributed by atoms with van der Waals surface area (Å²) in [4.78, 5) is 27.8. The number of nitrogens with one attached hydrogen (secondary N) is 2. The van der Waals surface area contributed by atoms with Gasteiger partial charge in [-0.3, -0.25) is 14.7 Å². The first kappa shape index (κ1) is 33.8. The minimum atomic E-state index is -0.732. The van der Waals surface area contributed by atoms with Gasteiger partial charge < -0.3 is 25.3 Å². The van der Waals surface area contributed by atoms with Gasteiger partial charge in [0, 0.05) is 55.2 Å². The smallest absolute Gasteiger partial charge is 0.307 e. The third kappa shape index (κ3) is 7.03. The van der Waals surface area contributed by atoms with Gasteiger partial charge in [0.1, 0.15) is 17.1 Å². The molecule has 258 valence electrons. The number of pyridine rings is 2. The molecule has 51 heavy (non-hydrogen) atoms. The van der Waals surface area contributed by atoms with Crippen LogP contribution in [0.3, 0.4) is 0 Å². The first-order chi connectivity index (χ1) is 24.7. The first-order valence-corrected chi connectivity index (χ1v) is 17.1. The van der Waals surface area contributed by atoms with Crippen molar-refractivity contribution in [3.05, 3.63) is 101 Å². The summed E-state index contributed by atoms with van der Waals surface area (Å²) >= 11 is 0. The molecule has 0 radical (unpaired) electrons. The molecule has 1 aliphatic heterocycles. The molecule has 4 heterocycles. The second-order valence-electron chi connectivity index (χ2n) is 13.3. The van der Waals surface area contributed by atoms with E-state index in [1.165, 1.54) is 0 Å². The molecule has 3 aromatic carbocycles. The fourth-order valence-corrected chi connectivity index (χ4v) is 6.89. The zero-order valence-electron chi connectivity index (χ0n) is 28.8. The summed E-state index contributed by atoms with van der Waals surface area (Å²) in [6, 6.07) is 22.2. The van der Waals surface area contributed by atoms with E-state index >= 15 is 0 Å². The Morgan fingerprint density at radius 1 is 1.06 bits per heavy atom. The van der Waals surface area contributed by atoms with Crippen molar-refractivity contribution in [3.63, 3.8) is 0 Å². The number of hydrogen-bond donors (Lipinski definition) is 4. The van der Waals surface area contributed by atoms with E-state index in [1.807, 2.05) is 49.5 Å². The van der Waals surface area contributed by atoms with Crippen LogP contribution in [0.25, 0.3) is 44.6 Å². The maximum Gasteiger partial charge on any atom is 0.307 e. The van der Waals surface area contributed by atoms with Gasteiger partial charge in [0.2, 0.25) is 5.89 Å². The van der Waals surface area contributed by atoms with Crippen molar-refractivity contribution < 1.29 is 19.4 Å². The van der Waals surface area contributed by atoms with Crippen molar-refractivity contribution in [2.24, 2.45) is 5.92 Å². The fourth-order valence-electron chi connectivity index (χ4n) is 6.89. The largest absolute Gasteiger partial charge is 0.481 e. The molecule has 1 fully saturated rings. The SMILES string of the molecule is Cc1c(Nc2nccc3cc(CN4CC[C@@H](C(=O)O)C4)cnc23)cccc1-c1cccc(-c2nc3cc(CNC[C@H](C)O)cc(C#N)c3o2)c1C. The molecule has 0 unspecified atom stereocenters. The number of aliphatic hydroxyl groups excluding tert-OH is 1. The van der Waals surface area contributed by atoms with E-state index in [4.69, 9.17) is 14.4 Å². The number of rotatable bonds is 11. The van der Waals surface area contributed by atoms with E-state index in [0.717, 1.165) is 62.1 Å². The summed E-state index contributed by atoms with van der Waals surface area (Å²) in [5, 5.41) is 36.5. The summed E-state index contributed by atoms with van der Waals surface area (Å²) in [6.07, 6.45) is 3.82. The fraction of sp³-hybridized carbons (Fsp3) is 0.275. The number of aromatic nitrogens is 3. The molecule has 0 aliphatic carbocycles. The van der Waals surface area contributed by atoms with Crippen LogP contribution in [-0.4, -0.2) is 61.8 Å². The number of hydrogen-bond acceptors (Lipinski definition) is 10. The lowest BCUT2D eigenvalue weighted by Gasteiger charge is -2.17. The van der Waals surface area contributed by atoms with E-state index in [1.54, 1.807) is 19.2 Å². The van der Waals surface area contributed by atoms with Gasteiger partial charge in [-0.05, 0) is 104 Å². The van der Waals surface area contributed by atoms with Crippen molar-refractivity contribution >= 4 is 39.5 Å². The van der Waals surface area contributed by atoms with Crippen molar-refractivity contribution in [3.8, 4) is 28.7 Å². The average molecular weight is 682 g/mol. The quantitative estimate of drug-likeness (QED) is 0.115. The normalized spacial score (nSPS) is 15.3. The lowest BCUT2D eigenvalue weighted by atomic mass is 9.93. The predicted molar refractivity (Wildman–Crippen MR) is 196 cm³/mol. The number of carbonyl (C=O) groups is 1. The predicted octanol–water partition coefficient (Wildman–Crippen LogP) is 6.71. The van der Waals surface area contributed by atoms with Gasteiger partial charge in [0.15, 0.2) is 11.4 Å². The van der Waals surface area contributed by atoms with Crippen LogP contribution in [0.15, 0.2) is 77.5 Å². The average Bonchev–Trinajstić information content (AvgIpc) is 3.77. The molecule has 1 saturated heterocycles. The van der Waals surface area contributed by atoms with Crippen LogP contribution < -0.4 is 10.6 Å². The summed E-state index contributed by atoms with van der Waals surface area (Å²) < 4.78 is 6.23. The zero-order chi connectivity index (χ0) is 35.6. The van der Waals surface area contributed by atoms with Crippen LogP contribution in [0, 0.1) is 31.1 Å². The van der Waals surface area contributed by atoms with Crippen LogP contribution in [0.4, 0.5) is 11.5 Å². The van der Waals surface area contributed by atoms with Gasteiger partial charge >= 0.3 is 5.97 Å². The van der Waals surface area contributed by atoms with Crippen LogP contribution in [0.5, 0.6) is 0 Å². The Morgan fingerprint density at radius 3 is 2.61 bits per heavy atom. The number of oxazole rings is 1. The second kappa shape index (κ2) is 14.3. The van der Waals surface area contributed by atoms with Crippen LogP contribution in [-0.2, 0) is 17.9 Å². The molecule has 11 nitrogen and oxygen atoms in total. The minimum absolute atomic E-state index is 0.313. The van der Waals surface area contributed by atoms with Gasteiger partial charge in [0.05, 0.1) is 17.6 Å². The number of fused-ring (bicyclic) bond motifs is 2. The Bertz CT molecular complexity index is 2310. The number of carboxylic acid groups (broad SMARTS) is 1. The van der Waals surface area contributed by atoms with E-state index in [0.29, 0.717) is 61.0 Å². The molecule has 4 N–H and O–H groups in total. The highest BCUT2D eigenvalue weighted by Gasteiger charge is 2.28. The molecular formula is C40H39N7O4. The molecule has 3 aromatic heterocycles. The van der Waals surface area contributed by atoms with Crippen molar-refractivity contribution in [1.29, 1.82) is 5.26 Å². The Morgan fingerprint density at radius 2 is 1.84 bits per heavy atom. The number of nitrogens with zero attached hydrogens (tertiary/aromatic N) is 5. The Balaban J connectivity index is 1.15. The van der Waals surface area contributed by atoms with Gasteiger partial charge in [-0.1, -0.05) is 24.3 Å². The number of aliphatic hydroxyl groups is 1. The third-order valence-corrected chi connectivity index (χ3v) is 9.56. The third-order valence-electron chi connectivity index (χ3n) is 9.56. The Kier molecular flexibility index (Phi) is 9.47. The van der Waals surface area contributed by atoms with Gasteiger partial charge in [0.25, 0.3) is 0 Å². The standard InChI is InChI=1S/C40H39N7O4/c1-23(48)18-42-19-26-14-30(17-41)37-35(16-26)46-39(51-37)33-8-4-6-31(24(33)2)32-7-5-9-34(25(32)3)45-38-36-28(10-12-43-38)15-27(20-44-36)21-47-13-11-29(22-47)40(49)50/h4-10,12,14-16,20,23,29,42,48H,11,13,18-19,21-22H2,1-3H3,(H,43,45)(H,49,50)/t23-,29+/m0/s1. The zero-order valence-corrected chi connectivity index (χ0v) is 28.8. The number of nitriles is 1. The van der Waals surface area contributed by atoms with Crippen molar-refractivity contribution in [2.45, 2.75) is 46.4 Å². The number of likely N-dealkylation sites (tertiary alicyclic amines) is 1. The number of benzene rings is 3. The number of aliphatic carboxylic acids is 1. The first-order valence-electron chi connectivity index (χ1n) is 17.1. The second-order valence-corrected chi connectivity index (χ2v) is 13.3. The Hall–Kier alpha value is -5.67. The van der Waals surface area contributed by atoms with Gasteiger partial charge in [-0.25, -0.2) is 9.97 Å². The molecular weight excluding hydrogens is 642 g/mol. The van der Waals surface area contributed by atoms with E-state index in [9.17, 15) is 20.3 Å². The highest BCUT2D eigenvalue weighted by molar-refractivity contribution is 5.91. The van der Waals surface area contributed by atoms with Crippen LogP contribution in [0.2, 0.25) is 0 Å². The molecule has 0 saturated carbocycles. The highest BCUT2D eigenvalue weighted by Crippen LogP contribution is 2.37. The molecule has 0 spiro atoms. The lowest BCUT2D eigenvalue weighted by molar-refractivity contribution is -0.141. The van der Waals surface area contributed by atoms with Crippen molar-refractivity contribution in [2.75, 3.05) is 25.0 Å². The van der Waals surface area contributed by atoms with Gasteiger partial charge in [-0.15, -0.1) is 0 Å². The minimum Gasteiger partial charge on any atom is -0.481 e. The van der Waals surface area contributed by atoms with Gasteiger partial charge in [-0.2, -0.15) is 5.26 Å². The van der Waals surface area contributed by atoms with E-state index < -0.39 is 12.1 Å². The summed E-state index contributed by atoms with van der Waals surface area (Å²) in [7, 11) is 0. The molecule has 6 aromatic rings.